The summed E-state index contributed by atoms with van der Waals surface area (Å²) < 4.78 is 73.1. The van der Waals surface area contributed by atoms with E-state index in [-0.39, 0.29) is 36.2 Å². The minimum absolute atomic E-state index is 0.0815. The van der Waals surface area contributed by atoms with Gasteiger partial charge in [0.1, 0.15) is 18.2 Å². The summed E-state index contributed by atoms with van der Waals surface area (Å²) in [5.41, 5.74) is 0.829. The van der Waals surface area contributed by atoms with E-state index in [9.17, 15) is 26.0 Å². The molecule has 10 nitrogen and oxygen atoms in total. The normalized spacial score (nSPS) is 12.0. The predicted molar refractivity (Wildman–Crippen MR) is 147 cm³/mol. The maximum atomic E-state index is 14.4. The maximum Gasteiger partial charge on any atom is 0.303 e. The molecule has 3 rings (SSSR count). The average molecular weight is 579 g/mol. The minimum Gasteiger partial charge on any atom is -0.492 e. The van der Waals surface area contributed by atoms with Crippen LogP contribution in [0.1, 0.15) is 15.9 Å². The number of sulfonamides is 1. The third-order valence-electron chi connectivity index (χ3n) is 5.66. The zero-order valence-electron chi connectivity index (χ0n) is 22.0. The minimum atomic E-state index is -3.99. The molecular formula is C26H31FN4O6S2. The number of amides is 1. The quantitative estimate of drug-likeness (QED) is 0.331. The third-order valence-corrected chi connectivity index (χ3v) is 9.30. The molecule has 0 fully saturated rings. The molecule has 0 spiro atoms. The van der Waals surface area contributed by atoms with Crippen LogP contribution >= 0.6 is 0 Å². The van der Waals surface area contributed by atoms with Gasteiger partial charge in [-0.1, -0.05) is 24.3 Å². The Morgan fingerprint density at radius 2 is 1.46 bits per heavy atom. The maximum absolute atomic E-state index is 14.4. The standard InChI is InChI=1S/C26H31FN4O6S2/c1-29(2)38(33,34)23-15-13-22(14-16-23)37-18-17-28-26(32)21-11-9-20(10-12-21)19-31(39(35,36)30(3)4)25-8-6-5-7-24(25)27/h5-16H,17-19H2,1-4H3,(H,28,32). The molecule has 1 N–H and O–H groups in total. The zero-order chi connectivity index (χ0) is 28.8. The smallest absolute Gasteiger partial charge is 0.303 e. The molecule has 3 aromatic rings. The van der Waals surface area contributed by atoms with E-state index in [0.717, 1.165) is 12.9 Å². The molecule has 0 aliphatic rings. The van der Waals surface area contributed by atoms with Gasteiger partial charge in [-0.25, -0.2) is 17.1 Å². The van der Waals surface area contributed by atoms with Gasteiger partial charge in [0.15, 0.2) is 0 Å². The van der Waals surface area contributed by atoms with E-state index in [4.69, 9.17) is 4.74 Å². The first kappa shape index (κ1) is 30.0. The predicted octanol–water partition coefficient (Wildman–Crippen LogP) is 2.70. The van der Waals surface area contributed by atoms with Crippen molar-refractivity contribution in [2.45, 2.75) is 11.4 Å². The molecule has 0 atom stereocenters. The van der Waals surface area contributed by atoms with Crippen molar-refractivity contribution in [3.8, 4) is 5.75 Å². The monoisotopic (exact) mass is 578 g/mol. The van der Waals surface area contributed by atoms with Gasteiger partial charge in [0, 0.05) is 33.8 Å². The zero-order valence-corrected chi connectivity index (χ0v) is 23.7. The number of nitrogens with one attached hydrogen (secondary N) is 1. The largest absolute Gasteiger partial charge is 0.492 e. The SMILES string of the molecule is CN(C)S(=O)(=O)c1ccc(OCCNC(=O)c2ccc(CN(c3ccccc3F)S(=O)(=O)N(C)C)cc2)cc1. The molecule has 0 saturated carbocycles. The van der Waals surface area contributed by atoms with E-state index in [1.165, 1.54) is 70.7 Å². The molecule has 0 saturated heterocycles. The molecule has 0 radical (unpaired) electrons. The molecule has 3 aromatic carbocycles. The number of benzene rings is 3. The van der Waals surface area contributed by atoms with Crippen molar-refractivity contribution in [3.05, 3.63) is 89.7 Å². The highest BCUT2D eigenvalue weighted by atomic mass is 32.2. The van der Waals surface area contributed by atoms with Crippen molar-refractivity contribution >= 4 is 31.8 Å². The molecular weight excluding hydrogens is 547 g/mol. The fourth-order valence-electron chi connectivity index (χ4n) is 3.42. The van der Waals surface area contributed by atoms with E-state index in [1.807, 2.05) is 0 Å². The Kier molecular flexibility index (Phi) is 9.67. The molecule has 0 heterocycles. The number of rotatable bonds is 12. The fraction of sp³-hybridized carbons (Fsp3) is 0.269. The molecule has 0 aromatic heterocycles. The molecule has 0 aliphatic heterocycles. The lowest BCUT2D eigenvalue weighted by Crippen LogP contribution is -2.40. The average Bonchev–Trinajstić information content (AvgIpc) is 2.90. The molecule has 210 valence electrons. The van der Waals surface area contributed by atoms with Gasteiger partial charge in [0.05, 0.1) is 23.7 Å². The van der Waals surface area contributed by atoms with Gasteiger partial charge in [0.2, 0.25) is 10.0 Å². The molecule has 39 heavy (non-hydrogen) atoms. The van der Waals surface area contributed by atoms with E-state index in [0.29, 0.717) is 16.9 Å². The van der Waals surface area contributed by atoms with Crippen molar-refractivity contribution < 1.29 is 30.8 Å². The molecule has 0 bridgehead atoms. The van der Waals surface area contributed by atoms with Gasteiger partial charge in [-0.3, -0.25) is 9.10 Å². The van der Waals surface area contributed by atoms with Crippen molar-refractivity contribution in [1.82, 2.24) is 13.9 Å². The van der Waals surface area contributed by atoms with Gasteiger partial charge in [-0.2, -0.15) is 12.7 Å². The van der Waals surface area contributed by atoms with E-state index in [1.54, 1.807) is 30.3 Å². The van der Waals surface area contributed by atoms with Crippen LogP contribution in [0, 0.1) is 5.82 Å². The summed E-state index contributed by atoms with van der Waals surface area (Å²) in [6.07, 6.45) is 0. The molecule has 0 unspecified atom stereocenters. The van der Waals surface area contributed by atoms with Crippen molar-refractivity contribution in [2.24, 2.45) is 0 Å². The van der Waals surface area contributed by atoms with E-state index < -0.39 is 26.0 Å². The summed E-state index contributed by atoms with van der Waals surface area (Å²) >= 11 is 0. The summed E-state index contributed by atoms with van der Waals surface area (Å²) in [5, 5.41) is 2.72. The Morgan fingerprint density at radius 3 is 2.03 bits per heavy atom. The van der Waals surface area contributed by atoms with Crippen molar-refractivity contribution in [2.75, 3.05) is 45.6 Å². The van der Waals surface area contributed by atoms with Gasteiger partial charge in [-0.05, 0) is 54.1 Å². The van der Waals surface area contributed by atoms with Gasteiger partial charge >= 0.3 is 10.2 Å². The highest BCUT2D eigenvalue weighted by molar-refractivity contribution is 7.90. The molecule has 1 amide bonds. The summed E-state index contributed by atoms with van der Waals surface area (Å²) in [6, 6.07) is 17.9. The first-order valence-electron chi connectivity index (χ1n) is 11.8. The van der Waals surface area contributed by atoms with E-state index in [2.05, 4.69) is 5.32 Å². The number of hydrogen-bond acceptors (Lipinski definition) is 6. The lowest BCUT2D eigenvalue weighted by molar-refractivity contribution is 0.0947. The number of anilines is 1. The lowest BCUT2D eigenvalue weighted by Gasteiger charge is -2.27. The van der Waals surface area contributed by atoms with Crippen molar-refractivity contribution in [3.63, 3.8) is 0 Å². The van der Waals surface area contributed by atoms with Crippen LogP contribution in [0.15, 0.2) is 77.7 Å². The number of halogens is 1. The second kappa shape index (κ2) is 12.6. The Hall–Kier alpha value is -3.52. The van der Waals surface area contributed by atoms with Crippen LogP contribution in [0.25, 0.3) is 0 Å². The Bertz CT molecular complexity index is 1490. The number of carbonyl (C=O) groups is 1. The van der Waals surface area contributed by atoms with Crippen LogP contribution in [0.3, 0.4) is 0 Å². The first-order chi connectivity index (χ1) is 18.3. The van der Waals surface area contributed by atoms with Gasteiger partial charge < -0.3 is 10.1 Å². The Balaban J connectivity index is 1.58. The number of ether oxygens (including phenoxy) is 1. The molecule has 0 aliphatic carbocycles. The van der Waals surface area contributed by atoms with Gasteiger partial charge in [0.25, 0.3) is 5.91 Å². The fourth-order valence-corrected chi connectivity index (χ4v) is 5.43. The number of nitrogens with zero attached hydrogens (tertiary/aromatic N) is 3. The highest BCUT2D eigenvalue weighted by Gasteiger charge is 2.27. The second-order valence-corrected chi connectivity index (χ2v) is 13.0. The lowest BCUT2D eigenvalue weighted by atomic mass is 10.1. The first-order valence-corrected chi connectivity index (χ1v) is 14.6. The van der Waals surface area contributed by atoms with Crippen LogP contribution in [-0.4, -0.2) is 72.7 Å². The van der Waals surface area contributed by atoms with Crippen LogP contribution in [0.2, 0.25) is 0 Å². The van der Waals surface area contributed by atoms with Gasteiger partial charge in [-0.15, -0.1) is 0 Å². The Labute approximate surface area is 228 Å². The summed E-state index contributed by atoms with van der Waals surface area (Å²) in [7, 11) is -1.88. The summed E-state index contributed by atoms with van der Waals surface area (Å²) in [5.74, 6) is -0.571. The molecule has 13 heteroatoms. The summed E-state index contributed by atoms with van der Waals surface area (Å²) in [4.78, 5) is 12.7. The van der Waals surface area contributed by atoms with Crippen LogP contribution < -0.4 is 14.4 Å². The number of hydrogen-bond donors (Lipinski definition) is 1. The number of para-hydroxylation sites is 1. The second-order valence-electron chi connectivity index (χ2n) is 8.81. The third kappa shape index (κ3) is 7.32. The summed E-state index contributed by atoms with van der Waals surface area (Å²) in [6.45, 7) is 0.218. The van der Waals surface area contributed by atoms with Crippen molar-refractivity contribution in [1.29, 1.82) is 0 Å². The number of carbonyl (C=O) groups excluding carboxylic acids is 1. The van der Waals surface area contributed by atoms with Crippen LogP contribution in [-0.2, 0) is 26.8 Å². The highest BCUT2D eigenvalue weighted by Crippen LogP contribution is 2.25. The van der Waals surface area contributed by atoms with Crippen LogP contribution in [0.4, 0.5) is 10.1 Å². The van der Waals surface area contributed by atoms with Crippen LogP contribution in [0.5, 0.6) is 5.75 Å². The van der Waals surface area contributed by atoms with E-state index >= 15 is 0 Å². The Morgan fingerprint density at radius 1 is 0.846 bits per heavy atom. The topological polar surface area (TPSA) is 116 Å².